The summed E-state index contributed by atoms with van der Waals surface area (Å²) in [5, 5.41) is 10.0. The topological polar surface area (TPSA) is 40.1 Å². The molecule has 272 valence electrons. The van der Waals surface area contributed by atoms with Crippen molar-refractivity contribution in [2.75, 3.05) is 24.6 Å². The zero-order valence-corrected chi connectivity index (χ0v) is 33.1. The van der Waals surface area contributed by atoms with Crippen LogP contribution < -0.4 is 5.11 Å². The van der Waals surface area contributed by atoms with E-state index in [0.717, 1.165) is 12.8 Å². The molecule has 0 saturated heterocycles. The van der Waals surface area contributed by atoms with E-state index in [1.54, 1.807) is 50.3 Å². The van der Waals surface area contributed by atoms with Gasteiger partial charge in [0.15, 0.2) is 0 Å². The second-order valence-electron chi connectivity index (χ2n) is 14.6. The Morgan fingerprint density at radius 2 is 0.533 bits per heavy atom. The number of aliphatic carboxylic acids is 1. The maximum absolute atomic E-state index is 10.0. The summed E-state index contributed by atoms with van der Waals surface area (Å²) >= 11 is 0. The summed E-state index contributed by atoms with van der Waals surface area (Å²) in [6, 6.07) is 0. The number of carboxylic acids is 1. The van der Waals surface area contributed by atoms with Crippen molar-refractivity contribution in [1.82, 2.24) is 0 Å². The van der Waals surface area contributed by atoms with Crippen molar-refractivity contribution in [3.05, 3.63) is 0 Å². The van der Waals surface area contributed by atoms with Gasteiger partial charge in [-0.25, -0.2) is 0 Å². The molecule has 0 fully saturated rings. The molecule has 0 aromatic rings. The fourth-order valence-corrected chi connectivity index (χ4v) is 11.7. The van der Waals surface area contributed by atoms with Gasteiger partial charge in [0.1, 0.15) is 0 Å². The van der Waals surface area contributed by atoms with Gasteiger partial charge in [-0.1, -0.05) is 176 Å². The van der Waals surface area contributed by atoms with Crippen LogP contribution in [0.15, 0.2) is 0 Å². The normalized spacial score (nSPS) is 11.5. The van der Waals surface area contributed by atoms with Gasteiger partial charge < -0.3 is 9.90 Å². The molecule has 0 aliphatic carbocycles. The Labute approximate surface area is 287 Å². The van der Waals surface area contributed by atoms with E-state index in [2.05, 4.69) is 34.6 Å². The van der Waals surface area contributed by atoms with Gasteiger partial charge in [0.05, 0.1) is 24.6 Å². The zero-order chi connectivity index (χ0) is 33.5. The molecule has 0 aromatic heterocycles. The predicted octanol–water partition coefficient (Wildman–Crippen LogP) is 14.3. The average Bonchev–Trinajstić information content (AvgIpc) is 3.03. The van der Waals surface area contributed by atoms with Gasteiger partial charge in [-0.2, -0.15) is 0 Å². The molecule has 0 atom stereocenters. The first kappa shape index (κ1) is 47.0. The van der Waals surface area contributed by atoms with Crippen LogP contribution in [0.1, 0.15) is 240 Å². The lowest BCUT2D eigenvalue weighted by Gasteiger charge is -2.28. The molecule has 0 unspecified atom stereocenters. The molecule has 3 heteroatoms. The van der Waals surface area contributed by atoms with Gasteiger partial charge in [0, 0.05) is 13.2 Å². The van der Waals surface area contributed by atoms with Crippen LogP contribution in [0.25, 0.3) is 0 Å². The number of hydrogen-bond acceptors (Lipinski definition) is 2. The molecule has 0 heterocycles. The first-order valence-electron chi connectivity index (χ1n) is 21.1. The van der Waals surface area contributed by atoms with E-state index in [9.17, 15) is 9.90 Å². The molecule has 0 aromatic carbocycles. The Morgan fingerprint density at radius 3 is 0.778 bits per heavy atom. The number of carboxylic acid groups (broad SMARTS) is 1. The van der Waals surface area contributed by atoms with Crippen LogP contribution in [0.2, 0.25) is 0 Å². The summed E-state index contributed by atoms with van der Waals surface area (Å²) in [6.45, 7) is 11.6. The van der Waals surface area contributed by atoms with Gasteiger partial charge in [-0.3, -0.25) is 0 Å². The van der Waals surface area contributed by atoms with Crippen LogP contribution in [-0.4, -0.2) is 30.6 Å². The molecule has 0 radical (unpaired) electrons. The van der Waals surface area contributed by atoms with Crippen molar-refractivity contribution in [2.24, 2.45) is 0 Å². The van der Waals surface area contributed by atoms with E-state index in [-0.39, 0.29) is 6.42 Å². The lowest BCUT2D eigenvalue weighted by molar-refractivity contribution is -0.305. The van der Waals surface area contributed by atoms with Crippen molar-refractivity contribution in [3.8, 4) is 0 Å². The van der Waals surface area contributed by atoms with Crippen LogP contribution in [0.3, 0.4) is 0 Å². The molecule has 0 bridgehead atoms. The number of carbonyl (C=O) groups is 1. The minimum atomic E-state index is -0.913. The SMILES string of the molecule is CCCCCCCCCC(=O)[O-].CCCCCCCCCCCCCC[P+](CCCCCC)(CCCCCC)CCCCCC. The number of hydrogen-bond donors (Lipinski definition) is 0. The Kier molecular flexibility index (Phi) is 41.9. The van der Waals surface area contributed by atoms with Crippen LogP contribution in [0.5, 0.6) is 0 Å². The third kappa shape index (κ3) is 38.2. The Morgan fingerprint density at radius 1 is 0.333 bits per heavy atom. The highest BCUT2D eigenvalue weighted by atomic mass is 31.2. The minimum absolute atomic E-state index is 0.230. The fourth-order valence-electron chi connectivity index (χ4n) is 6.81. The van der Waals surface area contributed by atoms with E-state index in [1.165, 1.54) is 161 Å². The van der Waals surface area contributed by atoms with Gasteiger partial charge in [-0.15, -0.1) is 0 Å². The molecule has 0 amide bonds. The Hall–Kier alpha value is -0.100. The molecule has 0 aliphatic heterocycles. The number of carbonyl (C=O) groups excluding carboxylic acids is 1. The van der Waals surface area contributed by atoms with E-state index >= 15 is 0 Å². The summed E-state index contributed by atoms with van der Waals surface area (Å²) in [5.41, 5.74) is 0. The number of unbranched alkanes of at least 4 members (excludes halogenated alkanes) is 26. The lowest BCUT2D eigenvalue weighted by atomic mass is 10.1. The van der Waals surface area contributed by atoms with Crippen molar-refractivity contribution in [1.29, 1.82) is 0 Å². The molecule has 0 rings (SSSR count). The van der Waals surface area contributed by atoms with E-state index in [4.69, 9.17) is 0 Å². The number of rotatable bonds is 36. The maximum atomic E-state index is 10.0. The third-order valence-electron chi connectivity index (χ3n) is 9.93. The highest BCUT2D eigenvalue weighted by Gasteiger charge is 2.34. The third-order valence-corrected chi connectivity index (χ3v) is 15.0. The van der Waals surface area contributed by atoms with Gasteiger partial charge in [0.2, 0.25) is 0 Å². The largest absolute Gasteiger partial charge is 0.550 e. The minimum Gasteiger partial charge on any atom is -0.550 e. The van der Waals surface area contributed by atoms with Crippen LogP contribution >= 0.6 is 7.26 Å². The van der Waals surface area contributed by atoms with Crippen molar-refractivity contribution in [3.63, 3.8) is 0 Å². The smallest absolute Gasteiger partial charge is 0.0594 e. The summed E-state index contributed by atoms with van der Waals surface area (Å²) in [4.78, 5) is 10.0. The molecule has 0 spiro atoms. The van der Waals surface area contributed by atoms with Gasteiger partial charge in [0.25, 0.3) is 0 Å². The van der Waals surface area contributed by atoms with Gasteiger partial charge in [-0.05, 0) is 64.2 Å². The summed E-state index contributed by atoms with van der Waals surface area (Å²) in [7, 11) is -0.697. The standard InChI is InChI=1S/C32H68P.C10H20O2/c1-5-9-13-17-18-19-20-21-22-23-24-28-32-33(29-25-14-10-6-2,30-26-15-11-7-3)31-27-16-12-8-4;1-2-3-4-5-6-7-8-9-10(11)12/h5-32H2,1-4H3;2-9H2,1H3,(H,11,12)/q+1;/p-1. The quantitative estimate of drug-likeness (QED) is 0.0498. The van der Waals surface area contributed by atoms with Gasteiger partial charge >= 0.3 is 0 Å². The molecular weight excluding hydrogens is 567 g/mol. The second kappa shape index (κ2) is 40.1. The first-order chi connectivity index (χ1) is 22.0. The van der Waals surface area contributed by atoms with Crippen LogP contribution in [0, 0.1) is 0 Å². The van der Waals surface area contributed by atoms with Crippen LogP contribution in [0.4, 0.5) is 0 Å². The zero-order valence-electron chi connectivity index (χ0n) is 32.2. The maximum Gasteiger partial charge on any atom is 0.0594 e. The van der Waals surface area contributed by atoms with Crippen LogP contribution in [-0.2, 0) is 4.79 Å². The first-order valence-corrected chi connectivity index (χ1v) is 23.6. The lowest BCUT2D eigenvalue weighted by Crippen LogP contribution is -2.21. The summed E-state index contributed by atoms with van der Waals surface area (Å²) in [5.74, 6) is -0.913. The van der Waals surface area contributed by atoms with E-state index in [1.807, 2.05) is 0 Å². The molecule has 0 aliphatic rings. The molecular formula is C42H87O2P. The molecule has 0 saturated carbocycles. The van der Waals surface area contributed by atoms with Crippen molar-refractivity contribution >= 4 is 13.2 Å². The van der Waals surface area contributed by atoms with E-state index < -0.39 is 13.2 Å². The predicted molar refractivity (Wildman–Crippen MR) is 208 cm³/mol. The van der Waals surface area contributed by atoms with Crippen molar-refractivity contribution < 1.29 is 9.90 Å². The molecule has 2 nitrogen and oxygen atoms in total. The summed E-state index contributed by atoms with van der Waals surface area (Å²) < 4.78 is 0. The molecule has 0 N–H and O–H groups in total. The van der Waals surface area contributed by atoms with Crippen molar-refractivity contribution in [2.45, 2.75) is 240 Å². The monoisotopic (exact) mass is 655 g/mol. The fraction of sp³-hybridized carbons (Fsp3) is 0.976. The second-order valence-corrected chi connectivity index (χ2v) is 19.0. The Balaban J connectivity index is 0. The highest BCUT2D eigenvalue weighted by Crippen LogP contribution is 2.61. The highest BCUT2D eigenvalue weighted by molar-refractivity contribution is 7.75. The summed E-state index contributed by atoms with van der Waals surface area (Å²) in [6.07, 6.45) is 50.4. The average molecular weight is 655 g/mol. The molecule has 45 heavy (non-hydrogen) atoms. The Bertz CT molecular complexity index is 518. The van der Waals surface area contributed by atoms with E-state index in [0.29, 0.717) is 0 Å².